The van der Waals surface area contributed by atoms with Gasteiger partial charge >= 0.3 is 0 Å². The summed E-state index contributed by atoms with van der Waals surface area (Å²) in [6.45, 7) is 2.45. The highest BCUT2D eigenvalue weighted by Crippen LogP contribution is 2.23. The van der Waals surface area contributed by atoms with Crippen LogP contribution in [0.5, 0.6) is 0 Å². The molecule has 1 aliphatic rings. The Morgan fingerprint density at radius 1 is 0.955 bits per heavy atom. The molecule has 1 fully saturated rings. The Hall–Kier alpha value is -2.90. The topological polar surface area (TPSA) is 110 Å². The first-order chi connectivity index (χ1) is 10.5. The van der Waals surface area contributed by atoms with E-state index in [1.165, 1.54) is 12.1 Å². The fraction of sp³-hybridized carbons (Fsp3) is 0.286. The van der Waals surface area contributed by atoms with Gasteiger partial charge in [-0.3, -0.25) is 19.7 Å². The van der Waals surface area contributed by atoms with Gasteiger partial charge in [0.2, 0.25) is 0 Å². The molecule has 2 aromatic rings. The molecule has 1 heterocycles. The highest BCUT2D eigenvalue weighted by atomic mass is 16.6. The van der Waals surface area contributed by atoms with Gasteiger partial charge in [0.1, 0.15) is 11.4 Å². The van der Waals surface area contributed by atoms with Crippen molar-refractivity contribution in [3.8, 4) is 0 Å². The van der Waals surface area contributed by atoms with E-state index in [1.807, 2.05) is 4.90 Å². The molecular formula is C14H14N4O4. The van der Waals surface area contributed by atoms with Crippen molar-refractivity contribution in [2.75, 3.05) is 41.7 Å². The van der Waals surface area contributed by atoms with Gasteiger partial charge < -0.3 is 15.5 Å². The summed E-state index contributed by atoms with van der Waals surface area (Å²) in [4.78, 5) is 36.8. The first kappa shape index (κ1) is 14.1. The Bertz CT molecular complexity index is 784. The van der Waals surface area contributed by atoms with Gasteiger partial charge in [-0.15, -0.1) is 0 Å². The summed E-state index contributed by atoms with van der Waals surface area (Å²) >= 11 is 0. The van der Waals surface area contributed by atoms with E-state index in [0.29, 0.717) is 31.9 Å². The molecule has 3 rings (SSSR count). The molecule has 0 aromatic heterocycles. The van der Waals surface area contributed by atoms with Gasteiger partial charge in [0.25, 0.3) is 16.5 Å². The van der Waals surface area contributed by atoms with E-state index in [1.54, 1.807) is 12.1 Å². The first-order valence-electron chi connectivity index (χ1n) is 6.82. The number of anilines is 3. The maximum absolute atomic E-state index is 11.5. The van der Waals surface area contributed by atoms with E-state index >= 15 is 0 Å². The number of hydrogen-bond donors (Lipinski definition) is 1. The molecule has 0 amide bonds. The molecule has 2 N–H and O–H groups in total. The number of nitrogens with two attached hydrogens (primary N) is 1. The fourth-order valence-electron chi connectivity index (χ4n) is 2.68. The monoisotopic (exact) mass is 302 g/mol. The Morgan fingerprint density at radius 2 is 1.50 bits per heavy atom. The molecule has 0 saturated carbocycles. The SMILES string of the molecule is Nc1c(N2CCN(c3ccc([N+](=O)[O-])cc3)CC2)c(=O)c1=O. The molecular weight excluding hydrogens is 288 g/mol. The molecule has 0 spiro atoms. The standard InChI is InChI=1S/C14H14N4O4/c15-11-12(14(20)13(11)19)17-7-5-16(6-8-17)9-1-3-10(4-2-9)18(21)22/h1-4H,5-8,15H2. The van der Waals surface area contributed by atoms with Crippen molar-refractivity contribution in [1.82, 2.24) is 0 Å². The Balaban J connectivity index is 1.68. The number of rotatable bonds is 3. The Morgan fingerprint density at radius 3 is 2.00 bits per heavy atom. The summed E-state index contributed by atoms with van der Waals surface area (Å²) in [6, 6.07) is 6.35. The largest absolute Gasteiger partial charge is 0.394 e. The summed E-state index contributed by atoms with van der Waals surface area (Å²) in [5.41, 5.74) is 5.78. The van der Waals surface area contributed by atoms with Crippen LogP contribution in [0.15, 0.2) is 33.9 Å². The lowest BCUT2D eigenvalue weighted by Crippen LogP contribution is -2.51. The van der Waals surface area contributed by atoms with Gasteiger partial charge in [-0.2, -0.15) is 0 Å². The van der Waals surface area contributed by atoms with Crippen LogP contribution in [0.1, 0.15) is 0 Å². The van der Waals surface area contributed by atoms with Gasteiger partial charge in [0.05, 0.1) is 4.92 Å². The highest BCUT2D eigenvalue weighted by molar-refractivity contribution is 5.73. The highest BCUT2D eigenvalue weighted by Gasteiger charge is 2.27. The van der Waals surface area contributed by atoms with Gasteiger partial charge in [0, 0.05) is 44.0 Å². The molecule has 8 heteroatoms. The number of nitrogens with zero attached hydrogens (tertiary/aromatic N) is 3. The van der Waals surface area contributed by atoms with E-state index in [0.717, 1.165) is 5.69 Å². The van der Waals surface area contributed by atoms with Gasteiger partial charge in [-0.25, -0.2) is 0 Å². The quantitative estimate of drug-likeness (QED) is 0.486. The van der Waals surface area contributed by atoms with Gasteiger partial charge in [-0.05, 0) is 12.1 Å². The predicted molar refractivity (Wildman–Crippen MR) is 83.3 cm³/mol. The molecule has 1 aliphatic heterocycles. The van der Waals surface area contributed by atoms with E-state index in [9.17, 15) is 19.7 Å². The van der Waals surface area contributed by atoms with Crippen LogP contribution in [0.2, 0.25) is 0 Å². The van der Waals surface area contributed by atoms with Gasteiger partial charge in [-0.1, -0.05) is 0 Å². The average Bonchev–Trinajstić information content (AvgIpc) is 2.55. The van der Waals surface area contributed by atoms with Crippen LogP contribution >= 0.6 is 0 Å². The summed E-state index contributed by atoms with van der Waals surface area (Å²) in [7, 11) is 0. The van der Waals surface area contributed by atoms with Crippen molar-refractivity contribution in [1.29, 1.82) is 0 Å². The summed E-state index contributed by atoms with van der Waals surface area (Å²) in [6.07, 6.45) is 0. The number of nitrogen functional groups attached to an aromatic ring is 1. The summed E-state index contributed by atoms with van der Waals surface area (Å²) in [5.74, 6) is 0. The van der Waals surface area contributed by atoms with Crippen molar-refractivity contribution < 1.29 is 4.92 Å². The molecule has 8 nitrogen and oxygen atoms in total. The molecule has 0 unspecified atom stereocenters. The third-order valence-electron chi connectivity index (χ3n) is 3.94. The number of nitro benzene ring substituents is 1. The van der Waals surface area contributed by atoms with Crippen molar-refractivity contribution in [3.63, 3.8) is 0 Å². The molecule has 0 atom stereocenters. The van der Waals surface area contributed by atoms with Crippen LogP contribution in [0.3, 0.4) is 0 Å². The van der Waals surface area contributed by atoms with Crippen molar-refractivity contribution in [3.05, 3.63) is 54.8 Å². The third kappa shape index (κ3) is 2.18. The number of hydrogen-bond acceptors (Lipinski definition) is 7. The lowest BCUT2D eigenvalue weighted by molar-refractivity contribution is -0.384. The second-order valence-corrected chi connectivity index (χ2v) is 5.17. The van der Waals surface area contributed by atoms with Crippen molar-refractivity contribution in [2.45, 2.75) is 0 Å². The molecule has 0 aliphatic carbocycles. The average molecular weight is 302 g/mol. The third-order valence-corrected chi connectivity index (χ3v) is 3.94. The fourth-order valence-corrected chi connectivity index (χ4v) is 2.68. The molecule has 0 bridgehead atoms. The second-order valence-electron chi connectivity index (χ2n) is 5.17. The smallest absolute Gasteiger partial charge is 0.269 e. The van der Waals surface area contributed by atoms with Crippen LogP contribution in [0.25, 0.3) is 0 Å². The maximum atomic E-state index is 11.5. The normalized spacial score (nSPS) is 15.3. The minimum atomic E-state index is -0.604. The molecule has 22 heavy (non-hydrogen) atoms. The Kier molecular flexibility index (Phi) is 3.28. The van der Waals surface area contributed by atoms with Crippen LogP contribution in [0, 0.1) is 10.1 Å². The maximum Gasteiger partial charge on any atom is 0.269 e. The van der Waals surface area contributed by atoms with Gasteiger partial charge in [0.15, 0.2) is 0 Å². The zero-order valence-electron chi connectivity index (χ0n) is 11.7. The molecule has 0 radical (unpaired) electrons. The Labute approximate surface area is 125 Å². The zero-order valence-corrected chi connectivity index (χ0v) is 11.7. The van der Waals surface area contributed by atoms with E-state index in [-0.39, 0.29) is 11.4 Å². The first-order valence-corrected chi connectivity index (χ1v) is 6.82. The minimum Gasteiger partial charge on any atom is -0.394 e. The van der Waals surface area contributed by atoms with Crippen LogP contribution in [0.4, 0.5) is 22.7 Å². The number of benzene rings is 1. The van der Waals surface area contributed by atoms with Crippen LogP contribution in [-0.2, 0) is 0 Å². The number of piperazine rings is 1. The van der Waals surface area contributed by atoms with Crippen molar-refractivity contribution in [2.24, 2.45) is 0 Å². The zero-order chi connectivity index (χ0) is 15.9. The second kappa shape index (κ2) is 5.14. The summed E-state index contributed by atoms with van der Waals surface area (Å²) < 4.78 is 0. The van der Waals surface area contributed by atoms with Crippen molar-refractivity contribution >= 4 is 22.7 Å². The lowest BCUT2D eigenvalue weighted by Gasteiger charge is -2.37. The summed E-state index contributed by atoms with van der Waals surface area (Å²) in [5, 5.41) is 10.6. The van der Waals surface area contributed by atoms with Crippen LogP contribution < -0.4 is 26.4 Å². The lowest BCUT2D eigenvalue weighted by atomic mass is 10.1. The minimum absolute atomic E-state index is 0.0498. The molecule has 114 valence electrons. The van der Waals surface area contributed by atoms with E-state index < -0.39 is 15.8 Å². The van der Waals surface area contributed by atoms with E-state index in [4.69, 9.17) is 5.73 Å². The van der Waals surface area contributed by atoms with E-state index in [2.05, 4.69) is 4.90 Å². The number of non-ortho nitro benzene ring substituents is 1. The predicted octanol–water partition coefficient (Wildman–Crippen LogP) is 0.0996. The number of nitro groups is 1. The van der Waals surface area contributed by atoms with Crippen LogP contribution in [-0.4, -0.2) is 31.1 Å². The molecule has 2 aromatic carbocycles. The molecule has 1 saturated heterocycles.